The monoisotopic (exact) mass is 320 g/mol. The Morgan fingerprint density at radius 3 is 2.17 bits per heavy atom. The lowest BCUT2D eigenvalue weighted by atomic mass is 10.1. The molecule has 0 aliphatic carbocycles. The minimum Gasteiger partial charge on any atom is -0.348 e. The van der Waals surface area contributed by atoms with Crippen LogP contribution in [0, 0.1) is 10.1 Å². The summed E-state index contributed by atoms with van der Waals surface area (Å²) < 4.78 is 0. The predicted molar refractivity (Wildman–Crippen MR) is 84.1 cm³/mol. The van der Waals surface area contributed by atoms with Crippen LogP contribution in [-0.4, -0.2) is 78.3 Å². The number of hydrogen-bond donors (Lipinski definition) is 0. The molecule has 1 saturated heterocycles. The van der Waals surface area contributed by atoms with Gasteiger partial charge in [-0.2, -0.15) is 0 Å². The van der Waals surface area contributed by atoms with Gasteiger partial charge < -0.3 is 9.80 Å². The summed E-state index contributed by atoms with van der Waals surface area (Å²) in [4.78, 5) is 39.5. The number of nitro benzene ring substituents is 1. The molecule has 1 heterocycles. The maximum absolute atomic E-state index is 12.4. The maximum Gasteiger partial charge on any atom is 0.269 e. The van der Waals surface area contributed by atoms with Crippen molar-refractivity contribution in [1.29, 1.82) is 0 Å². The molecule has 1 aromatic carbocycles. The van der Waals surface area contributed by atoms with Gasteiger partial charge in [0, 0.05) is 58.0 Å². The van der Waals surface area contributed by atoms with E-state index in [4.69, 9.17) is 0 Å². The second kappa shape index (κ2) is 7.19. The van der Waals surface area contributed by atoms with E-state index in [0.29, 0.717) is 38.3 Å². The van der Waals surface area contributed by atoms with Gasteiger partial charge in [-0.15, -0.1) is 0 Å². The molecule has 1 aromatic rings. The second-order valence-electron chi connectivity index (χ2n) is 5.66. The highest BCUT2D eigenvalue weighted by atomic mass is 16.6. The summed E-state index contributed by atoms with van der Waals surface area (Å²) in [6.07, 6.45) is 0. The van der Waals surface area contributed by atoms with Gasteiger partial charge in [-0.05, 0) is 12.1 Å². The molecule has 124 valence electrons. The zero-order valence-electron chi connectivity index (χ0n) is 13.3. The summed E-state index contributed by atoms with van der Waals surface area (Å²) in [5, 5.41) is 10.6. The van der Waals surface area contributed by atoms with Crippen molar-refractivity contribution in [3.8, 4) is 0 Å². The number of benzene rings is 1. The van der Waals surface area contributed by atoms with E-state index in [9.17, 15) is 19.7 Å². The van der Waals surface area contributed by atoms with Gasteiger partial charge >= 0.3 is 0 Å². The SMILES string of the molecule is CN(C)C(=O)CN1CCN(C(=O)c2ccc([N+](=O)[O-])cc2)CC1. The molecule has 0 radical (unpaired) electrons. The highest BCUT2D eigenvalue weighted by molar-refractivity contribution is 5.94. The molecular weight excluding hydrogens is 300 g/mol. The fraction of sp³-hybridized carbons (Fsp3) is 0.467. The molecule has 0 atom stereocenters. The molecule has 1 aliphatic heterocycles. The van der Waals surface area contributed by atoms with Crippen LogP contribution in [0.25, 0.3) is 0 Å². The first-order chi connectivity index (χ1) is 10.9. The Morgan fingerprint density at radius 1 is 1.13 bits per heavy atom. The largest absolute Gasteiger partial charge is 0.348 e. The Morgan fingerprint density at radius 2 is 1.70 bits per heavy atom. The summed E-state index contributed by atoms with van der Waals surface area (Å²) in [7, 11) is 3.44. The Bertz CT molecular complexity index is 592. The Balaban J connectivity index is 1.90. The minimum absolute atomic E-state index is 0.0337. The van der Waals surface area contributed by atoms with E-state index in [1.807, 2.05) is 4.90 Å². The maximum atomic E-state index is 12.4. The van der Waals surface area contributed by atoms with Gasteiger partial charge in [0.2, 0.25) is 5.91 Å². The first-order valence-electron chi connectivity index (χ1n) is 7.34. The fourth-order valence-electron chi connectivity index (χ4n) is 2.35. The number of carbonyl (C=O) groups is 2. The van der Waals surface area contributed by atoms with Crippen LogP contribution >= 0.6 is 0 Å². The number of piperazine rings is 1. The summed E-state index contributed by atoms with van der Waals surface area (Å²) in [5.41, 5.74) is 0.405. The zero-order valence-corrected chi connectivity index (χ0v) is 13.3. The van der Waals surface area contributed by atoms with Gasteiger partial charge in [0.1, 0.15) is 0 Å². The average molecular weight is 320 g/mol. The van der Waals surface area contributed by atoms with Crippen molar-refractivity contribution in [3.63, 3.8) is 0 Å². The molecule has 0 bridgehead atoms. The van der Waals surface area contributed by atoms with Crippen molar-refractivity contribution in [1.82, 2.24) is 14.7 Å². The molecule has 23 heavy (non-hydrogen) atoms. The van der Waals surface area contributed by atoms with E-state index in [1.165, 1.54) is 24.3 Å². The summed E-state index contributed by atoms with van der Waals surface area (Å²) >= 11 is 0. The Hall–Kier alpha value is -2.48. The molecule has 2 rings (SSSR count). The molecule has 0 unspecified atom stereocenters. The van der Waals surface area contributed by atoms with Gasteiger partial charge in [0.25, 0.3) is 11.6 Å². The first kappa shape index (κ1) is 16.9. The fourth-order valence-corrected chi connectivity index (χ4v) is 2.35. The standard InChI is InChI=1S/C15H20N4O4/c1-16(2)14(20)11-17-7-9-18(10-8-17)15(21)12-3-5-13(6-4-12)19(22)23/h3-6H,7-11H2,1-2H3. The van der Waals surface area contributed by atoms with Gasteiger partial charge in [0.05, 0.1) is 11.5 Å². The van der Waals surface area contributed by atoms with Crippen molar-refractivity contribution in [2.75, 3.05) is 46.8 Å². The van der Waals surface area contributed by atoms with Crippen LogP contribution in [-0.2, 0) is 4.79 Å². The van der Waals surface area contributed by atoms with Crippen LogP contribution in [0.4, 0.5) is 5.69 Å². The van der Waals surface area contributed by atoms with Gasteiger partial charge in [-0.1, -0.05) is 0 Å². The Labute approximate surface area is 134 Å². The molecule has 0 saturated carbocycles. The molecule has 1 fully saturated rings. The number of hydrogen-bond acceptors (Lipinski definition) is 5. The van der Waals surface area contributed by atoms with Crippen LogP contribution < -0.4 is 0 Å². The number of rotatable bonds is 4. The van der Waals surface area contributed by atoms with Crippen molar-refractivity contribution < 1.29 is 14.5 Å². The van der Waals surface area contributed by atoms with Crippen molar-refractivity contribution in [2.24, 2.45) is 0 Å². The van der Waals surface area contributed by atoms with Crippen LogP contribution in [0.15, 0.2) is 24.3 Å². The summed E-state index contributed by atoms with van der Waals surface area (Å²) in [6.45, 7) is 2.70. The summed E-state index contributed by atoms with van der Waals surface area (Å²) in [5.74, 6) is -0.0985. The number of nitro groups is 1. The van der Waals surface area contributed by atoms with Gasteiger partial charge in [0.15, 0.2) is 0 Å². The van der Waals surface area contributed by atoms with Crippen LogP contribution in [0.5, 0.6) is 0 Å². The quantitative estimate of drug-likeness (QED) is 0.593. The topological polar surface area (TPSA) is 87.0 Å². The molecule has 8 heteroatoms. The number of non-ortho nitro benzene ring substituents is 1. The second-order valence-corrected chi connectivity index (χ2v) is 5.66. The van der Waals surface area contributed by atoms with Crippen LogP contribution in [0.1, 0.15) is 10.4 Å². The smallest absolute Gasteiger partial charge is 0.269 e. The van der Waals surface area contributed by atoms with E-state index >= 15 is 0 Å². The lowest BCUT2D eigenvalue weighted by Crippen LogP contribution is -2.51. The predicted octanol–water partition coefficient (Wildman–Crippen LogP) is 0.441. The Kier molecular flexibility index (Phi) is 5.28. The first-order valence-corrected chi connectivity index (χ1v) is 7.34. The summed E-state index contributed by atoms with van der Waals surface area (Å²) in [6, 6.07) is 5.61. The van der Waals surface area contributed by atoms with Crippen molar-refractivity contribution >= 4 is 17.5 Å². The third-order valence-electron chi connectivity index (χ3n) is 3.84. The number of nitrogens with zero attached hydrogens (tertiary/aromatic N) is 4. The molecule has 2 amide bonds. The van der Waals surface area contributed by atoms with E-state index < -0.39 is 4.92 Å². The van der Waals surface area contributed by atoms with E-state index in [2.05, 4.69) is 0 Å². The van der Waals surface area contributed by atoms with Crippen LogP contribution in [0.3, 0.4) is 0 Å². The number of carbonyl (C=O) groups excluding carboxylic acids is 2. The third kappa shape index (κ3) is 4.26. The van der Waals surface area contributed by atoms with Gasteiger partial charge in [-0.3, -0.25) is 24.6 Å². The minimum atomic E-state index is -0.491. The highest BCUT2D eigenvalue weighted by Gasteiger charge is 2.23. The lowest BCUT2D eigenvalue weighted by Gasteiger charge is -2.34. The zero-order chi connectivity index (χ0) is 17.0. The number of amides is 2. The van der Waals surface area contributed by atoms with Crippen LogP contribution in [0.2, 0.25) is 0 Å². The number of likely N-dealkylation sites (N-methyl/N-ethyl adjacent to an activating group) is 1. The molecule has 1 aliphatic rings. The highest BCUT2D eigenvalue weighted by Crippen LogP contribution is 2.14. The third-order valence-corrected chi connectivity index (χ3v) is 3.84. The molecule has 0 aromatic heterocycles. The molecule has 0 spiro atoms. The molecule has 0 N–H and O–H groups in total. The lowest BCUT2D eigenvalue weighted by molar-refractivity contribution is -0.384. The van der Waals surface area contributed by atoms with Gasteiger partial charge in [-0.25, -0.2) is 0 Å². The van der Waals surface area contributed by atoms with E-state index in [-0.39, 0.29) is 17.5 Å². The van der Waals surface area contributed by atoms with Crippen molar-refractivity contribution in [3.05, 3.63) is 39.9 Å². The normalized spacial score (nSPS) is 15.3. The molecular formula is C15H20N4O4. The molecule has 8 nitrogen and oxygen atoms in total. The van der Waals surface area contributed by atoms with E-state index in [0.717, 1.165) is 0 Å². The van der Waals surface area contributed by atoms with E-state index in [1.54, 1.807) is 23.9 Å². The average Bonchev–Trinajstić information content (AvgIpc) is 2.55. The van der Waals surface area contributed by atoms with Crippen molar-refractivity contribution in [2.45, 2.75) is 0 Å².